The van der Waals surface area contributed by atoms with Crippen LogP contribution in [0.25, 0.3) is 105 Å². The van der Waals surface area contributed by atoms with Gasteiger partial charge >= 0.3 is 0 Å². The van der Waals surface area contributed by atoms with Crippen LogP contribution in [0.15, 0.2) is 237 Å². The molecule has 1 heteroatoms. The van der Waals surface area contributed by atoms with Crippen LogP contribution in [0, 0.1) is 13.8 Å². The van der Waals surface area contributed by atoms with Crippen LogP contribution in [0.3, 0.4) is 0 Å². The lowest BCUT2D eigenvalue weighted by Crippen LogP contribution is -2.31. The molecule has 1 nitrogen and oxygen atoms in total. The second-order valence-corrected chi connectivity index (χ2v) is 21.1. The van der Waals surface area contributed by atoms with Gasteiger partial charge in [-0.15, -0.1) is 0 Å². The van der Waals surface area contributed by atoms with Gasteiger partial charge in [0.2, 0.25) is 0 Å². The summed E-state index contributed by atoms with van der Waals surface area (Å²) in [6.45, 7) is 4.51. The Morgan fingerprint density at radius 1 is 0.260 bits per heavy atom. The molecule has 0 fully saturated rings. The number of benzene rings is 12. The van der Waals surface area contributed by atoms with Crippen molar-refractivity contribution in [2.75, 3.05) is 0 Å². The minimum atomic E-state index is -0.604. The molecule has 0 saturated heterocycles. The van der Waals surface area contributed by atoms with Crippen molar-refractivity contribution in [3.05, 3.63) is 292 Å². The summed E-state index contributed by atoms with van der Waals surface area (Å²) in [5, 5.41) is 7.61. The number of rotatable bonds is 3. The van der Waals surface area contributed by atoms with E-state index in [0.717, 1.165) is 0 Å². The molecule has 1 aromatic heterocycles. The first kappa shape index (κ1) is 39.7. The van der Waals surface area contributed by atoms with Crippen LogP contribution >= 0.6 is 0 Å². The van der Waals surface area contributed by atoms with Gasteiger partial charge in [0.1, 0.15) is 0 Å². The highest BCUT2D eigenvalue weighted by Crippen LogP contribution is 2.72. The van der Waals surface area contributed by atoms with Gasteiger partial charge in [-0.2, -0.15) is 0 Å². The van der Waals surface area contributed by atoms with E-state index in [-0.39, 0.29) is 0 Å². The van der Waals surface area contributed by atoms with E-state index in [4.69, 9.17) is 0 Å². The molecule has 0 atom stereocenters. The molecule has 73 heavy (non-hydrogen) atoms. The predicted octanol–water partition coefficient (Wildman–Crippen LogP) is 18.1. The first-order valence-electron chi connectivity index (χ1n) is 25.8. The third-order valence-electron chi connectivity index (χ3n) is 17.7. The number of aromatic nitrogens is 1. The highest BCUT2D eigenvalue weighted by Gasteiger charge is 2.60. The van der Waals surface area contributed by atoms with Crippen molar-refractivity contribution in [2.45, 2.75) is 24.7 Å². The number of aryl methyl sites for hydroxylation is 2. The Morgan fingerprint density at radius 3 is 1.14 bits per heavy atom. The summed E-state index contributed by atoms with van der Waals surface area (Å²) in [5.74, 6) is 0. The van der Waals surface area contributed by atoms with Gasteiger partial charge in [-0.3, -0.25) is 0 Å². The molecule has 0 amide bonds. The third kappa shape index (κ3) is 4.71. The van der Waals surface area contributed by atoms with Crippen LogP contribution in [-0.2, 0) is 10.8 Å². The summed E-state index contributed by atoms with van der Waals surface area (Å²) in [5.41, 5.74) is 29.4. The first-order valence-corrected chi connectivity index (χ1v) is 25.8. The molecule has 0 unspecified atom stereocenters. The van der Waals surface area contributed by atoms with Gasteiger partial charge in [0, 0.05) is 16.5 Å². The van der Waals surface area contributed by atoms with Crippen LogP contribution in [0.2, 0.25) is 0 Å². The van der Waals surface area contributed by atoms with Crippen LogP contribution < -0.4 is 0 Å². The molecule has 1 heterocycles. The molecule has 338 valence electrons. The van der Waals surface area contributed by atoms with Gasteiger partial charge in [-0.05, 0) is 166 Å². The molecule has 0 bridgehead atoms. The van der Waals surface area contributed by atoms with E-state index in [1.54, 1.807) is 0 Å². The molecule has 4 aliphatic carbocycles. The maximum atomic E-state index is 2.61. The van der Waals surface area contributed by atoms with Crippen molar-refractivity contribution in [3.8, 4) is 61.3 Å². The highest BCUT2D eigenvalue weighted by atomic mass is 15.0. The molecule has 17 rings (SSSR count). The van der Waals surface area contributed by atoms with Crippen molar-refractivity contribution in [3.63, 3.8) is 0 Å². The summed E-state index contributed by atoms with van der Waals surface area (Å²) in [6.07, 6.45) is 0. The lowest BCUT2D eigenvalue weighted by atomic mass is 9.65. The van der Waals surface area contributed by atoms with Crippen molar-refractivity contribution < 1.29 is 0 Å². The molecule has 0 saturated carbocycles. The summed E-state index contributed by atoms with van der Waals surface area (Å²) in [4.78, 5) is 0. The zero-order chi connectivity index (χ0) is 47.9. The Labute approximate surface area is 423 Å². The molecule has 0 radical (unpaired) electrons. The van der Waals surface area contributed by atoms with E-state index in [1.807, 2.05) is 0 Å². The highest BCUT2D eigenvalue weighted by molar-refractivity contribution is 6.22. The zero-order valence-electron chi connectivity index (χ0n) is 40.5. The fourth-order valence-corrected chi connectivity index (χ4v) is 15.1. The Morgan fingerprint density at radius 2 is 0.644 bits per heavy atom. The molecule has 0 N–H and O–H groups in total. The largest absolute Gasteiger partial charge is 0.309 e. The van der Waals surface area contributed by atoms with Crippen molar-refractivity contribution >= 4 is 43.4 Å². The molecular weight excluding hydrogens is 879 g/mol. The van der Waals surface area contributed by atoms with E-state index in [0.29, 0.717) is 0 Å². The Hall–Kier alpha value is -9.04. The van der Waals surface area contributed by atoms with Crippen molar-refractivity contribution in [1.29, 1.82) is 0 Å². The first-order chi connectivity index (χ1) is 36.0. The van der Waals surface area contributed by atoms with Crippen LogP contribution in [-0.4, -0.2) is 4.57 Å². The quantitative estimate of drug-likeness (QED) is 0.156. The average molecular weight is 924 g/mol. The summed E-state index contributed by atoms with van der Waals surface area (Å²) >= 11 is 0. The van der Waals surface area contributed by atoms with E-state index in [2.05, 4.69) is 255 Å². The standard InChI is InChI=1S/C72H45N/c1-42-30-34-47-48-35-31-43(2)39-62(48)71(61(47)38-42)57-24-14-26-59-69(57)70-58(71)25-15-27-60(70)72(59)63-40-45(68-55-22-8-6-20-53(55)67(44-16-4-3-5-17-44)54-21-7-9-23-56(54)68)32-36-49(63)50-37-33-46(41-64(50)72)73-65-28-12-10-18-51(65)52-19-11-13-29-66(52)73/h3-41H,1-2H3. The SMILES string of the molecule is Cc1ccc2c(c1)C1(c3cc(C)ccc3-2)c2cccc3c2-c2c1cccc2C31c2cc(-c3c4ccccc4c(-c4ccccc4)c4ccccc34)ccc2-c2ccc(-n3c4ccccc4c4ccccc43)cc21. The maximum absolute atomic E-state index is 2.61. The van der Waals surface area contributed by atoms with E-state index < -0.39 is 10.8 Å². The van der Waals surface area contributed by atoms with Crippen LogP contribution in [0.4, 0.5) is 0 Å². The van der Waals surface area contributed by atoms with Gasteiger partial charge < -0.3 is 4.57 Å². The van der Waals surface area contributed by atoms with E-state index in [9.17, 15) is 0 Å². The van der Waals surface area contributed by atoms with Gasteiger partial charge in [-0.1, -0.05) is 217 Å². The van der Waals surface area contributed by atoms with E-state index >= 15 is 0 Å². The summed E-state index contributed by atoms with van der Waals surface area (Å²) in [6, 6.07) is 90.8. The number of hydrogen-bond acceptors (Lipinski definition) is 0. The van der Waals surface area contributed by atoms with Gasteiger partial charge in [0.25, 0.3) is 0 Å². The van der Waals surface area contributed by atoms with Crippen LogP contribution in [0.1, 0.15) is 55.6 Å². The second kappa shape index (κ2) is 13.9. The molecule has 4 aliphatic rings. The van der Waals surface area contributed by atoms with Crippen molar-refractivity contribution in [2.24, 2.45) is 0 Å². The normalized spacial score (nSPS) is 14.4. The van der Waals surface area contributed by atoms with Gasteiger partial charge in [0.15, 0.2) is 0 Å². The van der Waals surface area contributed by atoms with Gasteiger partial charge in [0.05, 0.1) is 21.9 Å². The lowest BCUT2D eigenvalue weighted by molar-refractivity contribution is 0.755. The monoisotopic (exact) mass is 923 g/mol. The molecule has 13 aromatic rings. The smallest absolute Gasteiger partial charge is 0.0726 e. The number of nitrogens with zero attached hydrogens (tertiary/aromatic N) is 1. The molecule has 12 aromatic carbocycles. The fraction of sp³-hybridized carbons (Fsp3) is 0.0556. The minimum absolute atomic E-state index is 0.434. The average Bonchev–Trinajstić information content (AvgIpc) is 4.36. The number of hydrogen-bond donors (Lipinski definition) is 0. The second-order valence-electron chi connectivity index (χ2n) is 21.1. The molecule has 0 aliphatic heterocycles. The number of para-hydroxylation sites is 2. The zero-order valence-corrected chi connectivity index (χ0v) is 40.5. The minimum Gasteiger partial charge on any atom is -0.309 e. The fourth-order valence-electron chi connectivity index (χ4n) is 15.1. The summed E-state index contributed by atoms with van der Waals surface area (Å²) in [7, 11) is 0. The van der Waals surface area contributed by atoms with Crippen molar-refractivity contribution in [1.82, 2.24) is 4.57 Å². The predicted molar refractivity (Wildman–Crippen MR) is 303 cm³/mol. The summed E-state index contributed by atoms with van der Waals surface area (Å²) < 4.78 is 2.50. The van der Waals surface area contributed by atoms with E-state index in [1.165, 1.54) is 160 Å². The maximum Gasteiger partial charge on any atom is 0.0726 e. The molecular formula is C72H45N. The third-order valence-corrected chi connectivity index (χ3v) is 17.7. The Kier molecular flexibility index (Phi) is 7.54. The Balaban J connectivity index is 0.995. The Bertz CT molecular complexity index is 4420. The van der Waals surface area contributed by atoms with Gasteiger partial charge in [-0.25, -0.2) is 0 Å². The topological polar surface area (TPSA) is 4.93 Å². The lowest BCUT2D eigenvalue weighted by Gasteiger charge is -2.36. The van der Waals surface area contributed by atoms with Crippen LogP contribution in [0.5, 0.6) is 0 Å². The molecule has 2 spiro atoms. The number of fused-ring (bicyclic) bond motifs is 19.